The first-order valence-corrected chi connectivity index (χ1v) is 10.2. The Kier molecular flexibility index (Phi) is 4.47. The number of hydrogen-bond acceptors (Lipinski definition) is 2. The van der Waals surface area contributed by atoms with Gasteiger partial charge in [-0.1, -0.05) is 20.8 Å². The molecule has 0 aromatic carbocycles. The van der Waals surface area contributed by atoms with E-state index in [9.17, 15) is 0 Å². The molecule has 0 bridgehead atoms. The van der Waals surface area contributed by atoms with Crippen molar-refractivity contribution < 1.29 is 0 Å². The number of rotatable bonds is 4. The molecule has 2 aliphatic carbocycles. The molecule has 0 fully saturated rings. The van der Waals surface area contributed by atoms with Gasteiger partial charge in [0.05, 0.1) is 11.4 Å². The summed E-state index contributed by atoms with van der Waals surface area (Å²) >= 11 is 0. The number of nitrogens with one attached hydrogen (secondary N) is 1. The van der Waals surface area contributed by atoms with E-state index < -0.39 is 0 Å². The minimum atomic E-state index is 0.513. The first-order valence-electron chi connectivity index (χ1n) is 10.2. The summed E-state index contributed by atoms with van der Waals surface area (Å²) in [7, 11) is 2.13. The zero-order valence-corrected chi connectivity index (χ0v) is 16.2. The molecule has 0 amide bonds. The fourth-order valence-electron chi connectivity index (χ4n) is 5.12. The molecule has 136 valence electrons. The van der Waals surface area contributed by atoms with Gasteiger partial charge in [0, 0.05) is 30.3 Å². The molecule has 0 radical (unpaired) electrons. The Bertz CT molecular complexity index is 752. The van der Waals surface area contributed by atoms with Crippen molar-refractivity contribution in [3.8, 4) is 0 Å². The van der Waals surface area contributed by atoms with Crippen molar-refractivity contribution in [2.75, 3.05) is 0 Å². The third-order valence-electron chi connectivity index (χ3n) is 6.37. The molecule has 0 saturated heterocycles. The second-order valence-electron chi connectivity index (χ2n) is 8.52. The van der Waals surface area contributed by atoms with E-state index in [0.29, 0.717) is 17.8 Å². The Labute approximate surface area is 151 Å². The van der Waals surface area contributed by atoms with Crippen molar-refractivity contribution in [2.24, 2.45) is 7.05 Å². The molecule has 4 nitrogen and oxygen atoms in total. The van der Waals surface area contributed by atoms with Crippen molar-refractivity contribution in [1.82, 2.24) is 20.0 Å². The Morgan fingerprint density at radius 1 is 1.04 bits per heavy atom. The van der Waals surface area contributed by atoms with Gasteiger partial charge in [-0.3, -0.25) is 9.78 Å². The molecule has 25 heavy (non-hydrogen) atoms. The third-order valence-corrected chi connectivity index (χ3v) is 6.37. The van der Waals surface area contributed by atoms with Crippen LogP contribution >= 0.6 is 0 Å². The van der Waals surface area contributed by atoms with Gasteiger partial charge in [0.15, 0.2) is 0 Å². The van der Waals surface area contributed by atoms with Gasteiger partial charge in [0.1, 0.15) is 0 Å². The van der Waals surface area contributed by atoms with Crippen molar-refractivity contribution in [1.29, 1.82) is 0 Å². The lowest BCUT2D eigenvalue weighted by Crippen LogP contribution is -2.14. The molecule has 2 unspecified atom stereocenters. The Morgan fingerprint density at radius 3 is 2.60 bits per heavy atom. The van der Waals surface area contributed by atoms with Gasteiger partial charge >= 0.3 is 0 Å². The summed E-state index contributed by atoms with van der Waals surface area (Å²) in [6.45, 7) is 6.89. The zero-order chi connectivity index (χ0) is 17.6. The monoisotopic (exact) mass is 340 g/mol. The highest BCUT2D eigenvalue weighted by atomic mass is 15.3. The largest absolute Gasteiger partial charge is 0.282 e. The second-order valence-corrected chi connectivity index (χ2v) is 8.52. The fourth-order valence-corrected chi connectivity index (χ4v) is 5.12. The summed E-state index contributed by atoms with van der Waals surface area (Å²) < 4.78 is 2.15. The van der Waals surface area contributed by atoms with E-state index in [2.05, 4.69) is 42.7 Å². The van der Waals surface area contributed by atoms with E-state index in [4.69, 9.17) is 5.10 Å². The molecule has 2 heterocycles. The number of fused-ring (bicyclic) bond motifs is 2. The lowest BCUT2D eigenvalue weighted by molar-refractivity contribution is 0.467. The number of aromatic nitrogens is 4. The van der Waals surface area contributed by atoms with Gasteiger partial charge in [-0.25, -0.2) is 0 Å². The first kappa shape index (κ1) is 16.9. The van der Waals surface area contributed by atoms with Crippen LogP contribution in [0.25, 0.3) is 0 Å². The van der Waals surface area contributed by atoms with Crippen LogP contribution in [0.1, 0.15) is 105 Å². The minimum Gasteiger partial charge on any atom is -0.282 e. The van der Waals surface area contributed by atoms with Crippen molar-refractivity contribution in [3.63, 3.8) is 0 Å². The van der Waals surface area contributed by atoms with E-state index >= 15 is 0 Å². The summed E-state index contributed by atoms with van der Waals surface area (Å²) in [5.74, 6) is 1.65. The molecule has 0 saturated carbocycles. The van der Waals surface area contributed by atoms with E-state index in [1.807, 2.05) is 0 Å². The maximum absolute atomic E-state index is 4.94. The van der Waals surface area contributed by atoms with E-state index in [1.54, 1.807) is 5.56 Å². The highest BCUT2D eigenvalue weighted by Crippen LogP contribution is 2.40. The van der Waals surface area contributed by atoms with Gasteiger partial charge < -0.3 is 0 Å². The summed E-state index contributed by atoms with van der Waals surface area (Å²) in [4.78, 5) is 0. The summed E-state index contributed by atoms with van der Waals surface area (Å²) in [6.07, 6.45) is 10.0. The summed E-state index contributed by atoms with van der Waals surface area (Å²) in [5.41, 5.74) is 8.65. The highest BCUT2D eigenvalue weighted by Gasteiger charge is 2.30. The number of hydrogen-bond donors (Lipinski definition) is 1. The molecule has 2 aromatic heterocycles. The van der Waals surface area contributed by atoms with Crippen LogP contribution in [-0.2, 0) is 26.3 Å². The van der Waals surface area contributed by atoms with Crippen LogP contribution in [-0.4, -0.2) is 20.0 Å². The van der Waals surface area contributed by atoms with Crippen molar-refractivity contribution in [3.05, 3.63) is 33.9 Å². The van der Waals surface area contributed by atoms with Crippen LogP contribution in [0.3, 0.4) is 0 Å². The van der Waals surface area contributed by atoms with Crippen LogP contribution in [0, 0.1) is 0 Å². The molecule has 4 heteroatoms. The topological polar surface area (TPSA) is 46.5 Å². The van der Waals surface area contributed by atoms with Crippen LogP contribution in [0.4, 0.5) is 0 Å². The number of H-pyrrole nitrogens is 1. The van der Waals surface area contributed by atoms with Crippen LogP contribution < -0.4 is 0 Å². The maximum Gasteiger partial charge on any atom is 0.0687 e. The predicted octanol–water partition coefficient (Wildman–Crippen LogP) is 4.76. The molecule has 2 aromatic rings. The Hall–Kier alpha value is -1.58. The molecule has 1 N–H and O–H groups in total. The number of aryl methyl sites for hydroxylation is 1. The molecule has 4 rings (SSSR count). The van der Waals surface area contributed by atoms with Crippen molar-refractivity contribution >= 4 is 0 Å². The molecule has 2 aliphatic rings. The first-order chi connectivity index (χ1) is 12.1. The van der Waals surface area contributed by atoms with E-state index in [-0.39, 0.29) is 0 Å². The van der Waals surface area contributed by atoms with Crippen LogP contribution in [0.15, 0.2) is 0 Å². The lowest BCUT2D eigenvalue weighted by atomic mass is 9.79. The molecular formula is C21H32N4. The molecule has 2 atom stereocenters. The predicted molar refractivity (Wildman–Crippen MR) is 101 cm³/mol. The standard InChI is InChI=1S/C21H32N4/c1-13(2)19-17-10-7-8-15(21(17)23-22-19)12-14(3)20-16-9-5-6-11-18(16)25(4)24-20/h13-15H,5-12H2,1-4H3,(H,22,23). The van der Waals surface area contributed by atoms with Crippen molar-refractivity contribution in [2.45, 2.75) is 89.9 Å². The van der Waals surface area contributed by atoms with Gasteiger partial charge in [-0.2, -0.15) is 10.2 Å². The molecule has 0 aliphatic heterocycles. The summed E-state index contributed by atoms with van der Waals surface area (Å²) in [6, 6.07) is 0. The van der Waals surface area contributed by atoms with E-state index in [1.165, 1.54) is 79.7 Å². The van der Waals surface area contributed by atoms with Gasteiger partial charge in [-0.05, 0) is 68.4 Å². The van der Waals surface area contributed by atoms with Crippen LogP contribution in [0.2, 0.25) is 0 Å². The third kappa shape index (κ3) is 2.94. The SMILES string of the molecule is CC(C)c1n[nH]c2c1CCCC2CC(C)c1nn(C)c2c1CCCC2. The van der Waals surface area contributed by atoms with Crippen LogP contribution in [0.5, 0.6) is 0 Å². The Morgan fingerprint density at radius 2 is 1.80 bits per heavy atom. The maximum atomic E-state index is 4.94. The number of nitrogens with zero attached hydrogens (tertiary/aromatic N) is 3. The quantitative estimate of drug-likeness (QED) is 0.872. The Balaban J connectivity index is 1.58. The normalized spacial score (nSPS) is 21.2. The van der Waals surface area contributed by atoms with Gasteiger partial charge in [0.25, 0.3) is 0 Å². The molecule has 0 spiro atoms. The summed E-state index contributed by atoms with van der Waals surface area (Å²) in [5, 5.41) is 13.0. The second kappa shape index (κ2) is 6.62. The van der Waals surface area contributed by atoms with Gasteiger partial charge in [-0.15, -0.1) is 0 Å². The smallest absolute Gasteiger partial charge is 0.0687 e. The number of aromatic amines is 1. The van der Waals surface area contributed by atoms with E-state index in [0.717, 1.165) is 0 Å². The minimum absolute atomic E-state index is 0.513. The zero-order valence-electron chi connectivity index (χ0n) is 16.2. The fraction of sp³-hybridized carbons (Fsp3) is 0.714. The highest BCUT2D eigenvalue weighted by molar-refractivity contribution is 5.34. The lowest BCUT2D eigenvalue weighted by Gasteiger charge is -2.25. The average molecular weight is 341 g/mol. The van der Waals surface area contributed by atoms with Gasteiger partial charge in [0.2, 0.25) is 0 Å². The average Bonchev–Trinajstić information content (AvgIpc) is 3.18. The molecular weight excluding hydrogens is 308 g/mol.